The van der Waals surface area contributed by atoms with Gasteiger partial charge in [-0.15, -0.1) is 0 Å². The minimum Gasteiger partial charge on any atom is -0.484 e. The maximum atomic E-state index is 12.6. The van der Waals surface area contributed by atoms with E-state index in [9.17, 15) is 18.8 Å². The third-order valence-electron chi connectivity index (χ3n) is 2.22. The number of carbonyl (C=O) groups is 3. The number of ether oxygens (including phenoxy) is 1. The van der Waals surface area contributed by atoms with Crippen LogP contribution in [-0.4, -0.2) is 35.5 Å². The maximum absolute atomic E-state index is 12.6. The Hall–Kier alpha value is -2.64. The van der Waals surface area contributed by atoms with Crippen LogP contribution in [0.5, 0.6) is 5.75 Å². The van der Waals surface area contributed by atoms with Gasteiger partial charge < -0.3 is 20.9 Å². The molecule has 0 saturated heterocycles. The minimum atomic E-state index is -1.41. The van der Waals surface area contributed by atoms with Crippen molar-refractivity contribution in [2.75, 3.05) is 6.61 Å². The second-order valence-electron chi connectivity index (χ2n) is 3.87. The summed E-state index contributed by atoms with van der Waals surface area (Å²) in [6, 6.07) is 3.54. The number of aliphatic carboxylic acids is 1. The van der Waals surface area contributed by atoms with Crippen LogP contribution in [0.15, 0.2) is 24.3 Å². The number of nitrogens with two attached hydrogens (primary N) is 1. The molecule has 0 bridgehead atoms. The number of benzene rings is 1. The van der Waals surface area contributed by atoms with Crippen LogP contribution in [0.4, 0.5) is 4.39 Å². The quantitative estimate of drug-likeness (QED) is 0.632. The first-order valence-electron chi connectivity index (χ1n) is 5.57. The van der Waals surface area contributed by atoms with Gasteiger partial charge in [0.2, 0.25) is 5.91 Å². The Balaban J connectivity index is 2.47. The lowest BCUT2D eigenvalue weighted by Crippen LogP contribution is -2.45. The molecule has 0 radical (unpaired) electrons. The van der Waals surface area contributed by atoms with E-state index in [-0.39, 0.29) is 5.75 Å². The number of carboxylic acids is 1. The Morgan fingerprint density at radius 1 is 1.30 bits per heavy atom. The van der Waals surface area contributed by atoms with Crippen LogP contribution in [0.2, 0.25) is 0 Å². The van der Waals surface area contributed by atoms with Crippen molar-refractivity contribution >= 4 is 17.8 Å². The van der Waals surface area contributed by atoms with Crippen LogP contribution in [-0.2, 0) is 14.4 Å². The summed E-state index contributed by atoms with van der Waals surface area (Å²) in [5.41, 5.74) is 4.87. The van der Waals surface area contributed by atoms with Crippen LogP contribution in [0.1, 0.15) is 6.42 Å². The van der Waals surface area contributed by atoms with Crippen molar-refractivity contribution in [2.45, 2.75) is 12.5 Å². The van der Waals surface area contributed by atoms with Crippen molar-refractivity contribution in [3.63, 3.8) is 0 Å². The van der Waals surface area contributed by atoms with Gasteiger partial charge in [-0.2, -0.15) is 0 Å². The smallest absolute Gasteiger partial charge is 0.326 e. The van der Waals surface area contributed by atoms with Gasteiger partial charge in [-0.05, 0) is 24.3 Å². The molecule has 1 atom stereocenters. The van der Waals surface area contributed by atoms with E-state index < -0.39 is 42.7 Å². The monoisotopic (exact) mass is 284 g/mol. The summed E-state index contributed by atoms with van der Waals surface area (Å²) in [6.45, 7) is -0.464. The molecule has 7 nitrogen and oxygen atoms in total. The Morgan fingerprint density at radius 2 is 1.90 bits per heavy atom. The van der Waals surface area contributed by atoms with Crippen molar-refractivity contribution in [2.24, 2.45) is 5.73 Å². The van der Waals surface area contributed by atoms with Crippen LogP contribution in [0, 0.1) is 5.82 Å². The van der Waals surface area contributed by atoms with Gasteiger partial charge >= 0.3 is 5.97 Å². The van der Waals surface area contributed by atoms with Gasteiger partial charge in [0.25, 0.3) is 5.91 Å². The predicted molar refractivity (Wildman–Crippen MR) is 65.3 cm³/mol. The van der Waals surface area contributed by atoms with Gasteiger partial charge in [-0.1, -0.05) is 0 Å². The molecule has 0 spiro atoms. The molecule has 1 rings (SSSR count). The fraction of sp³-hybridized carbons (Fsp3) is 0.250. The standard InChI is InChI=1S/C12H13FN2O5/c13-7-1-3-8(4-2-7)20-6-11(17)15-9(12(18)19)5-10(14)16/h1-4,9H,5-6H2,(H2,14,16)(H,15,17)(H,18,19). The molecule has 20 heavy (non-hydrogen) atoms. The second-order valence-corrected chi connectivity index (χ2v) is 3.87. The molecular formula is C12H13FN2O5. The van der Waals surface area contributed by atoms with Gasteiger partial charge in [-0.25, -0.2) is 9.18 Å². The largest absolute Gasteiger partial charge is 0.484 e. The van der Waals surface area contributed by atoms with E-state index in [1.54, 1.807) is 0 Å². The number of primary amides is 1. The number of halogens is 1. The summed E-state index contributed by atoms with van der Waals surface area (Å²) in [5.74, 6) is -3.16. The molecule has 2 amide bonds. The van der Waals surface area contributed by atoms with Gasteiger partial charge in [0.05, 0.1) is 6.42 Å². The zero-order valence-corrected chi connectivity index (χ0v) is 10.3. The van der Waals surface area contributed by atoms with Crippen LogP contribution >= 0.6 is 0 Å². The number of hydrogen-bond acceptors (Lipinski definition) is 4. The molecule has 0 aliphatic heterocycles. The number of carboxylic acid groups (broad SMARTS) is 1. The first kappa shape index (κ1) is 15.4. The highest BCUT2D eigenvalue weighted by Gasteiger charge is 2.22. The van der Waals surface area contributed by atoms with Gasteiger partial charge in [0, 0.05) is 0 Å². The summed E-state index contributed by atoms with van der Waals surface area (Å²) >= 11 is 0. The van der Waals surface area contributed by atoms with Gasteiger partial charge in [-0.3, -0.25) is 9.59 Å². The summed E-state index contributed by atoms with van der Waals surface area (Å²) < 4.78 is 17.6. The fourth-order valence-corrected chi connectivity index (χ4v) is 1.32. The Labute approximate surface area is 113 Å². The van der Waals surface area contributed by atoms with Crippen molar-refractivity contribution in [3.05, 3.63) is 30.1 Å². The average Bonchev–Trinajstić information content (AvgIpc) is 2.36. The van der Waals surface area contributed by atoms with Crippen LogP contribution in [0.25, 0.3) is 0 Å². The number of amides is 2. The molecule has 8 heteroatoms. The molecule has 0 aromatic heterocycles. The summed E-state index contributed by atoms with van der Waals surface area (Å²) in [5, 5.41) is 10.9. The maximum Gasteiger partial charge on any atom is 0.326 e. The summed E-state index contributed by atoms with van der Waals surface area (Å²) in [6.07, 6.45) is -0.516. The Bertz CT molecular complexity index is 503. The van der Waals surface area contributed by atoms with E-state index in [1.165, 1.54) is 12.1 Å². The van der Waals surface area contributed by atoms with Crippen molar-refractivity contribution in [1.82, 2.24) is 5.32 Å². The van der Waals surface area contributed by atoms with Gasteiger partial charge in [0.1, 0.15) is 17.6 Å². The fourth-order valence-electron chi connectivity index (χ4n) is 1.32. The molecule has 1 aromatic carbocycles. The summed E-state index contributed by atoms with van der Waals surface area (Å²) in [7, 11) is 0. The molecule has 0 fully saturated rings. The van der Waals surface area contributed by atoms with Crippen LogP contribution < -0.4 is 15.8 Å². The number of hydrogen-bond donors (Lipinski definition) is 3. The minimum absolute atomic E-state index is 0.253. The lowest BCUT2D eigenvalue weighted by Gasteiger charge is -2.13. The van der Waals surface area contributed by atoms with Gasteiger partial charge in [0.15, 0.2) is 6.61 Å². The highest BCUT2D eigenvalue weighted by molar-refractivity contribution is 5.88. The molecule has 0 aliphatic rings. The first-order valence-corrected chi connectivity index (χ1v) is 5.57. The lowest BCUT2D eigenvalue weighted by molar-refractivity contribution is -0.143. The number of rotatable bonds is 7. The Kier molecular flexibility index (Phi) is 5.45. The predicted octanol–water partition coefficient (Wildman–Crippen LogP) is -0.351. The average molecular weight is 284 g/mol. The summed E-state index contributed by atoms with van der Waals surface area (Å²) in [4.78, 5) is 32.9. The van der Waals surface area contributed by atoms with E-state index >= 15 is 0 Å². The highest BCUT2D eigenvalue weighted by Crippen LogP contribution is 2.10. The number of carbonyl (C=O) groups excluding carboxylic acids is 2. The van der Waals surface area contributed by atoms with E-state index in [0.29, 0.717) is 0 Å². The first-order chi connectivity index (χ1) is 9.38. The van der Waals surface area contributed by atoms with E-state index in [0.717, 1.165) is 12.1 Å². The van der Waals surface area contributed by atoms with Crippen molar-refractivity contribution in [3.8, 4) is 5.75 Å². The zero-order valence-electron chi connectivity index (χ0n) is 10.3. The molecule has 0 aliphatic carbocycles. The highest BCUT2D eigenvalue weighted by atomic mass is 19.1. The van der Waals surface area contributed by atoms with Crippen molar-refractivity contribution < 1.29 is 28.6 Å². The third kappa shape index (κ3) is 5.34. The van der Waals surface area contributed by atoms with Crippen LogP contribution in [0.3, 0.4) is 0 Å². The van der Waals surface area contributed by atoms with E-state index in [1.807, 2.05) is 0 Å². The Morgan fingerprint density at radius 3 is 2.40 bits per heavy atom. The normalized spacial score (nSPS) is 11.4. The zero-order chi connectivity index (χ0) is 15.1. The molecule has 108 valence electrons. The van der Waals surface area contributed by atoms with E-state index in [2.05, 4.69) is 5.32 Å². The van der Waals surface area contributed by atoms with Crippen molar-refractivity contribution in [1.29, 1.82) is 0 Å². The number of nitrogens with one attached hydrogen (secondary N) is 1. The van der Waals surface area contributed by atoms with E-state index in [4.69, 9.17) is 15.6 Å². The molecule has 1 aromatic rings. The molecule has 4 N–H and O–H groups in total. The third-order valence-corrected chi connectivity index (χ3v) is 2.22. The second kappa shape index (κ2) is 7.07. The molecule has 0 heterocycles. The molecular weight excluding hydrogens is 271 g/mol. The topological polar surface area (TPSA) is 119 Å². The molecule has 0 saturated carbocycles. The molecule has 1 unspecified atom stereocenters. The lowest BCUT2D eigenvalue weighted by atomic mass is 10.2. The SMILES string of the molecule is NC(=O)CC(NC(=O)COc1ccc(F)cc1)C(=O)O.